The van der Waals surface area contributed by atoms with E-state index in [-0.39, 0.29) is 13.8 Å². The highest BCUT2D eigenvalue weighted by molar-refractivity contribution is 5.85. The van der Waals surface area contributed by atoms with Crippen molar-refractivity contribution >= 4 is 16.9 Å². The van der Waals surface area contributed by atoms with E-state index < -0.39 is 0 Å². The Labute approximate surface area is 70.7 Å². The van der Waals surface area contributed by atoms with Gasteiger partial charge in [0.15, 0.2) is 0 Å². The van der Waals surface area contributed by atoms with E-state index in [1.165, 1.54) is 6.33 Å². The van der Waals surface area contributed by atoms with Gasteiger partial charge < -0.3 is 23.1 Å². The molecule has 0 saturated heterocycles. The summed E-state index contributed by atoms with van der Waals surface area (Å²) in [6, 6.07) is 1.85. The van der Waals surface area contributed by atoms with Gasteiger partial charge in [-0.05, 0) is 6.07 Å². The molecule has 2 rings (SSSR count). The van der Waals surface area contributed by atoms with Crippen molar-refractivity contribution in [3.05, 3.63) is 18.6 Å². The predicted octanol–water partition coefficient (Wildman–Crippen LogP) is -2.34. The Hall–Kier alpha value is -1.29. The number of H-pyrrole nitrogens is 1. The fraction of sp³-hybridized carbons (Fsp3) is 0. The molecule has 5 heteroatoms. The standard InChI is InChI=1S/C6H6N4.ClH/c7-5-4-1-2-8-6(4)10-3-9-5;/h1-3H,(H3,7,8,9,10);1H. The van der Waals surface area contributed by atoms with E-state index in [2.05, 4.69) is 15.0 Å². The molecule has 58 valence electrons. The zero-order valence-electron chi connectivity index (χ0n) is 6.58. The van der Waals surface area contributed by atoms with Gasteiger partial charge in [0, 0.05) is 6.20 Å². The van der Waals surface area contributed by atoms with Crippen LogP contribution in [0.15, 0.2) is 18.6 Å². The summed E-state index contributed by atoms with van der Waals surface area (Å²) in [5.41, 5.74) is 6.31. The van der Waals surface area contributed by atoms with Gasteiger partial charge in [0.25, 0.3) is 0 Å². The highest BCUT2D eigenvalue weighted by atomic mass is 35.5. The minimum absolute atomic E-state index is 0. The summed E-state index contributed by atoms with van der Waals surface area (Å²) < 4.78 is 0. The first kappa shape index (κ1) is 7.81. The molecule has 0 aliphatic carbocycles. The first-order chi connectivity index (χ1) is 4.88. The number of nitrogens with one attached hydrogen (secondary N) is 1. The van der Waals surface area contributed by atoms with Gasteiger partial charge in [-0.15, -0.1) is 0 Å². The largest absolute Gasteiger partial charge is 1.00 e. The van der Waals surface area contributed by atoms with Gasteiger partial charge in [-0.3, -0.25) is 0 Å². The maximum atomic E-state index is 5.53. The number of hydrogen-bond acceptors (Lipinski definition) is 3. The molecule has 0 saturated carbocycles. The molecule has 0 amide bonds. The van der Waals surface area contributed by atoms with E-state index >= 15 is 0 Å². The molecule has 0 unspecified atom stereocenters. The lowest BCUT2D eigenvalue weighted by molar-refractivity contribution is -0.00000225. The number of nitrogen functional groups attached to an aromatic ring is 1. The van der Waals surface area contributed by atoms with Crippen LogP contribution in [0.4, 0.5) is 5.82 Å². The molecule has 11 heavy (non-hydrogen) atoms. The van der Waals surface area contributed by atoms with Crippen LogP contribution in [0, 0.1) is 0 Å². The van der Waals surface area contributed by atoms with E-state index in [0.717, 1.165) is 11.0 Å². The molecular formula is C6H7ClN4. The molecule has 0 bridgehead atoms. The van der Waals surface area contributed by atoms with Crippen LogP contribution in [0.5, 0.6) is 0 Å². The summed E-state index contributed by atoms with van der Waals surface area (Å²) >= 11 is 0. The minimum atomic E-state index is 0. The van der Waals surface area contributed by atoms with E-state index in [0.29, 0.717) is 5.82 Å². The van der Waals surface area contributed by atoms with Crippen molar-refractivity contribution in [1.82, 2.24) is 15.0 Å². The van der Waals surface area contributed by atoms with E-state index in [1.54, 1.807) is 6.20 Å². The van der Waals surface area contributed by atoms with Crippen LogP contribution in [0.2, 0.25) is 0 Å². The topological polar surface area (TPSA) is 67.6 Å². The third kappa shape index (κ3) is 1.12. The Balaban J connectivity index is 0.000000605. The lowest BCUT2D eigenvalue weighted by Crippen LogP contribution is -3.00. The van der Waals surface area contributed by atoms with Gasteiger partial charge in [-0.2, -0.15) is 0 Å². The lowest BCUT2D eigenvalue weighted by atomic mass is 10.4. The summed E-state index contributed by atoms with van der Waals surface area (Å²) in [4.78, 5) is 10.7. The molecule has 0 spiro atoms. The molecule has 2 aromatic heterocycles. The Morgan fingerprint density at radius 2 is 2.27 bits per heavy atom. The van der Waals surface area contributed by atoms with Gasteiger partial charge in [0.05, 0.1) is 5.39 Å². The molecule has 0 aliphatic heterocycles. The van der Waals surface area contributed by atoms with Crippen LogP contribution < -0.4 is 18.1 Å². The Morgan fingerprint density at radius 3 is 3.00 bits per heavy atom. The molecule has 0 atom stereocenters. The smallest absolute Gasteiger partial charge is 1.00 e. The van der Waals surface area contributed by atoms with Gasteiger partial charge in [0.2, 0.25) is 0 Å². The fourth-order valence-corrected chi connectivity index (χ4v) is 0.892. The van der Waals surface area contributed by atoms with Gasteiger partial charge >= 0.3 is 1.43 Å². The van der Waals surface area contributed by atoms with Crippen molar-refractivity contribution in [2.75, 3.05) is 5.73 Å². The minimum Gasteiger partial charge on any atom is -1.00 e. The maximum Gasteiger partial charge on any atom is 1.00 e. The molecule has 0 radical (unpaired) electrons. The van der Waals surface area contributed by atoms with Crippen LogP contribution >= 0.6 is 0 Å². The zero-order valence-corrected chi connectivity index (χ0v) is 6.34. The van der Waals surface area contributed by atoms with Crippen LogP contribution in [0.25, 0.3) is 11.0 Å². The number of nitrogens with zero attached hydrogens (tertiary/aromatic N) is 2. The molecule has 2 heterocycles. The van der Waals surface area contributed by atoms with Crippen molar-refractivity contribution in [2.24, 2.45) is 0 Å². The number of aromatic amines is 1. The Bertz CT molecular complexity index is 361. The predicted molar refractivity (Wildman–Crippen MR) is 39.4 cm³/mol. The number of aromatic nitrogens is 3. The van der Waals surface area contributed by atoms with Gasteiger partial charge in [0.1, 0.15) is 17.8 Å². The van der Waals surface area contributed by atoms with Gasteiger partial charge in [-0.25, -0.2) is 9.97 Å². The average molecular weight is 171 g/mol. The van der Waals surface area contributed by atoms with Gasteiger partial charge in [-0.1, -0.05) is 0 Å². The van der Waals surface area contributed by atoms with E-state index in [9.17, 15) is 0 Å². The van der Waals surface area contributed by atoms with Crippen LogP contribution in [0.1, 0.15) is 1.43 Å². The molecular weight excluding hydrogens is 164 g/mol. The lowest BCUT2D eigenvalue weighted by Gasteiger charge is -1.90. The van der Waals surface area contributed by atoms with Crippen molar-refractivity contribution in [3.63, 3.8) is 0 Å². The van der Waals surface area contributed by atoms with Crippen molar-refractivity contribution < 1.29 is 13.8 Å². The number of nitrogens with two attached hydrogens (primary N) is 1. The third-order valence-corrected chi connectivity index (χ3v) is 1.38. The Morgan fingerprint density at radius 1 is 1.45 bits per heavy atom. The summed E-state index contributed by atoms with van der Waals surface area (Å²) in [5, 5.41) is 0.877. The highest BCUT2D eigenvalue weighted by Crippen LogP contribution is 2.12. The zero-order chi connectivity index (χ0) is 6.97. The van der Waals surface area contributed by atoms with Crippen molar-refractivity contribution in [2.45, 2.75) is 0 Å². The first-order valence-electron chi connectivity index (χ1n) is 2.91. The number of anilines is 1. The molecule has 0 fully saturated rings. The summed E-state index contributed by atoms with van der Waals surface area (Å²) in [5.74, 6) is 0.520. The summed E-state index contributed by atoms with van der Waals surface area (Å²) in [6.45, 7) is 0. The highest BCUT2D eigenvalue weighted by Gasteiger charge is 1.97. The van der Waals surface area contributed by atoms with E-state index in [4.69, 9.17) is 5.73 Å². The number of halogens is 1. The third-order valence-electron chi connectivity index (χ3n) is 1.38. The maximum absolute atomic E-state index is 5.53. The normalized spacial score (nSPS) is 9.45. The fourth-order valence-electron chi connectivity index (χ4n) is 0.892. The van der Waals surface area contributed by atoms with Crippen molar-refractivity contribution in [3.8, 4) is 0 Å². The number of fused-ring (bicyclic) bond motifs is 1. The second-order valence-corrected chi connectivity index (χ2v) is 2.00. The van der Waals surface area contributed by atoms with Crippen LogP contribution in [-0.2, 0) is 0 Å². The number of hydrogen-bond donors (Lipinski definition) is 2. The molecule has 3 N–H and O–H groups in total. The first-order valence-corrected chi connectivity index (χ1v) is 2.91. The van der Waals surface area contributed by atoms with Crippen LogP contribution in [-0.4, -0.2) is 15.0 Å². The molecule has 0 aromatic carbocycles. The number of rotatable bonds is 0. The van der Waals surface area contributed by atoms with Crippen molar-refractivity contribution in [1.29, 1.82) is 0 Å². The second kappa shape index (κ2) is 2.75. The quantitative estimate of drug-likeness (QED) is 0.466. The molecule has 0 aliphatic rings. The monoisotopic (exact) mass is 170 g/mol. The van der Waals surface area contributed by atoms with E-state index in [1.807, 2.05) is 6.07 Å². The molecule has 2 aromatic rings. The van der Waals surface area contributed by atoms with Crippen LogP contribution in [0.3, 0.4) is 0 Å². The second-order valence-electron chi connectivity index (χ2n) is 2.00. The summed E-state index contributed by atoms with van der Waals surface area (Å²) in [6.07, 6.45) is 3.23. The summed E-state index contributed by atoms with van der Waals surface area (Å²) in [7, 11) is 0. The average Bonchev–Trinajstić information content (AvgIpc) is 2.36. The molecule has 4 nitrogen and oxygen atoms in total. The Kier molecular flexibility index (Phi) is 1.96. The SMILES string of the molecule is Nc1ncnc2[nH]ccc12.[Cl-].[H+].